The number of hydrogen-bond donors (Lipinski definition) is 3. The Labute approximate surface area is 184 Å². The first-order valence-corrected chi connectivity index (χ1v) is 11.2. The number of hydrogen-bond acceptors (Lipinski definition) is 5. The molecule has 0 unspecified atom stereocenters. The Kier molecular flexibility index (Phi) is 6.34. The van der Waals surface area contributed by atoms with Crippen LogP contribution in [0.15, 0.2) is 41.4 Å². The quantitative estimate of drug-likeness (QED) is 0.502. The molecule has 1 aliphatic rings. The molecule has 30 heavy (non-hydrogen) atoms. The summed E-state index contributed by atoms with van der Waals surface area (Å²) in [7, 11) is 0. The number of carbonyl (C=O) groups is 1. The number of pyridine rings is 2. The van der Waals surface area contributed by atoms with Crippen LogP contribution in [-0.4, -0.2) is 46.5 Å². The van der Waals surface area contributed by atoms with E-state index in [9.17, 15) is 4.79 Å². The Morgan fingerprint density at radius 3 is 3.03 bits per heavy atom. The van der Waals surface area contributed by atoms with E-state index in [1.807, 2.05) is 6.20 Å². The molecule has 0 aliphatic carbocycles. The summed E-state index contributed by atoms with van der Waals surface area (Å²) in [4.78, 5) is 26.8. The van der Waals surface area contributed by atoms with E-state index in [1.165, 1.54) is 6.42 Å². The lowest BCUT2D eigenvalue weighted by Gasteiger charge is -2.36. The smallest absolute Gasteiger partial charge is 0.257 e. The normalized spacial score (nSPS) is 16.9. The highest BCUT2D eigenvalue weighted by atomic mass is 79.9. The van der Waals surface area contributed by atoms with Gasteiger partial charge in [-0.1, -0.05) is 13.8 Å². The fourth-order valence-electron chi connectivity index (χ4n) is 3.90. The predicted octanol–water partition coefficient (Wildman–Crippen LogP) is 4.19. The van der Waals surface area contributed by atoms with Gasteiger partial charge in [-0.15, -0.1) is 0 Å². The molecular formula is C22H27BrN6O. The number of rotatable bonds is 6. The summed E-state index contributed by atoms with van der Waals surface area (Å²) in [5.41, 5.74) is 3.07. The monoisotopic (exact) mass is 470 g/mol. The molecule has 158 valence electrons. The SMILES string of the molecule is CC(C)CN[C@@H]1CCCN(c2c(Br)cnc3[nH]cc(NC(=O)c4cccnc4)c23)C1. The number of carbonyl (C=O) groups excluding carboxylic acids is 1. The zero-order valence-corrected chi connectivity index (χ0v) is 18.9. The standard InChI is InChI=1S/C22H27BrN6O/c1-14(2)9-25-16-6-4-8-29(13-16)20-17(23)11-26-21-19(20)18(12-27-21)28-22(30)15-5-3-7-24-10-15/h3,5,7,10-12,14,16,25H,4,6,8-9,13H2,1-2H3,(H,26,27)(H,28,30)/t16-/m1/s1. The zero-order valence-electron chi connectivity index (χ0n) is 17.3. The molecule has 0 saturated carbocycles. The van der Waals surface area contributed by atoms with Gasteiger partial charge in [-0.2, -0.15) is 0 Å². The van der Waals surface area contributed by atoms with E-state index in [4.69, 9.17) is 0 Å². The maximum atomic E-state index is 12.7. The van der Waals surface area contributed by atoms with Gasteiger partial charge < -0.3 is 20.5 Å². The Hall–Kier alpha value is -2.45. The van der Waals surface area contributed by atoms with Crippen LogP contribution in [0.1, 0.15) is 37.0 Å². The molecular weight excluding hydrogens is 444 g/mol. The third-order valence-corrected chi connectivity index (χ3v) is 5.93. The number of anilines is 2. The van der Waals surface area contributed by atoms with E-state index < -0.39 is 0 Å². The van der Waals surface area contributed by atoms with Gasteiger partial charge in [-0.25, -0.2) is 4.98 Å². The molecule has 7 nitrogen and oxygen atoms in total. The van der Waals surface area contributed by atoms with E-state index in [-0.39, 0.29) is 5.91 Å². The van der Waals surface area contributed by atoms with Crippen molar-refractivity contribution in [3.63, 3.8) is 0 Å². The fraction of sp³-hybridized carbons (Fsp3) is 0.409. The first kappa shape index (κ1) is 20.8. The first-order valence-electron chi connectivity index (χ1n) is 10.4. The van der Waals surface area contributed by atoms with Crippen LogP contribution >= 0.6 is 15.9 Å². The van der Waals surface area contributed by atoms with Gasteiger partial charge in [0.1, 0.15) is 5.65 Å². The van der Waals surface area contributed by atoms with Crippen molar-refractivity contribution < 1.29 is 4.79 Å². The van der Waals surface area contributed by atoms with Gasteiger partial charge >= 0.3 is 0 Å². The van der Waals surface area contributed by atoms with Crippen molar-refractivity contribution in [1.82, 2.24) is 20.3 Å². The Morgan fingerprint density at radius 2 is 2.27 bits per heavy atom. The molecule has 3 aromatic rings. The Balaban J connectivity index is 1.64. The van der Waals surface area contributed by atoms with E-state index in [1.54, 1.807) is 30.7 Å². The fourth-order valence-corrected chi connectivity index (χ4v) is 4.46. The average molecular weight is 471 g/mol. The van der Waals surface area contributed by atoms with Gasteiger partial charge in [-0.3, -0.25) is 9.78 Å². The maximum Gasteiger partial charge on any atom is 0.257 e. The van der Waals surface area contributed by atoms with Crippen molar-refractivity contribution in [3.8, 4) is 0 Å². The molecule has 1 aliphatic heterocycles. The molecule has 1 saturated heterocycles. The summed E-state index contributed by atoms with van der Waals surface area (Å²) in [5.74, 6) is 0.434. The summed E-state index contributed by atoms with van der Waals surface area (Å²) in [6.45, 7) is 7.37. The maximum absolute atomic E-state index is 12.7. The molecule has 4 heterocycles. The van der Waals surface area contributed by atoms with E-state index in [0.717, 1.165) is 52.9 Å². The number of nitrogens with zero attached hydrogens (tertiary/aromatic N) is 3. The Morgan fingerprint density at radius 1 is 1.40 bits per heavy atom. The summed E-state index contributed by atoms with van der Waals surface area (Å²) >= 11 is 3.70. The Bertz CT molecular complexity index is 1020. The molecule has 3 N–H and O–H groups in total. The van der Waals surface area contributed by atoms with Crippen LogP contribution in [0.25, 0.3) is 11.0 Å². The third-order valence-electron chi connectivity index (χ3n) is 5.35. The minimum Gasteiger partial charge on any atom is -0.368 e. The molecule has 1 atom stereocenters. The average Bonchev–Trinajstić information content (AvgIpc) is 3.15. The number of aromatic amines is 1. The van der Waals surface area contributed by atoms with Crippen molar-refractivity contribution in [2.75, 3.05) is 29.9 Å². The predicted molar refractivity (Wildman–Crippen MR) is 124 cm³/mol. The minimum atomic E-state index is -0.190. The van der Waals surface area contributed by atoms with Crippen LogP contribution in [0.2, 0.25) is 0 Å². The molecule has 0 radical (unpaired) electrons. The highest BCUT2D eigenvalue weighted by molar-refractivity contribution is 9.10. The molecule has 0 aromatic carbocycles. The molecule has 0 bridgehead atoms. The van der Waals surface area contributed by atoms with Crippen molar-refractivity contribution in [2.24, 2.45) is 5.92 Å². The van der Waals surface area contributed by atoms with Gasteiger partial charge in [0.15, 0.2) is 0 Å². The van der Waals surface area contributed by atoms with E-state index in [0.29, 0.717) is 17.5 Å². The number of fused-ring (bicyclic) bond motifs is 1. The summed E-state index contributed by atoms with van der Waals surface area (Å²) in [6.07, 6.45) is 9.14. The lowest BCUT2D eigenvalue weighted by molar-refractivity contribution is 0.102. The zero-order chi connectivity index (χ0) is 21.1. The van der Waals surface area contributed by atoms with Crippen LogP contribution in [0, 0.1) is 5.92 Å². The molecule has 3 aromatic heterocycles. The highest BCUT2D eigenvalue weighted by Crippen LogP contribution is 2.39. The molecule has 8 heteroatoms. The van der Waals surface area contributed by atoms with Crippen LogP contribution in [0.4, 0.5) is 11.4 Å². The molecule has 1 amide bonds. The van der Waals surface area contributed by atoms with E-state index >= 15 is 0 Å². The van der Waals surface area contributed by atoms with Gasteiger partial charge in [0.05, 0.1) is 26.8 Å². The number of amides is 1. The van der Waals surface area contributed by atoms with Crippen molar-refractivity contribution in [2.45, 2.75) is 32.7 Å². The summed E-state index contributed by atoms with van der Waals surface area (Å²) in [6, 6.07) is 3.96. The van der Waals surface area contributed by atoms with Crippen molar-refractivity contribution >= 4 is 44.2 Å². The number of H-pyrrole nitrogens is 1. The lowest BCUT2D eigenvalue weighted by Crippen LogP contribution is -2.46. The lowest BCUT2D eigenvalue weighted by atomic mass is 10.0. The first-order chi connectivity index (χ1) is 14.5. The van der Waals surface area contributed by atoms with Crippen LogP contribution in [0.5, 0.6) is 0 Å². The van der Waals surface area contributed by atoms with Crippen LogP contribution in [-0.2, 0) is 0 Å². The summed E-state index contributed by atoms with van der Waals surface area (Å²) < 4.78 is 0.927. The third kappa shape index (κ3) is 4.49. The van der Waals surface area contributed by atoms with Gasteiger partial charge in [0, 0.05) is 43.9 Å². The number of halogens is 1. The number of nitrogens with one attached hydrogen (secondary N) is 3. The van der Waals surface area contributed by atoms with Gasteiger partial charge in [0.2, 0.25) is 0 Å². The number of piperidine rings is 1. The van der Waals surface area contributed by atoms with Crippen LogP contribution in [0.3, 0.4) is 0 Å². The largest absolute Gasteiger partial charge is 0.368 e. The van der Waals surface area contributed by atoms with Crippen LogP contribution < -0.4 is 15.5 Å². The topological polar surface area (TPSA) is 85.9 Å². The second kappa shape index (κ2) is 9.14. The molecule has 4 rings (SSSR count). The van der Waals surface area contributed by atoms with Crippen molar-refractivity contribution in [3.05, 3.63) is 47.0 Å². The van der Waals surface area contributed by atoms with E-state index in [2.05, 4.69) is 60.3 Å². The molecule has 0 spiro atoms. The second-order valence-corrected chi connectivity index (χ2v) is 9.02. The summed E-state index contributed by atoms with van der Waals surface area (Å²) in [5, 5.41) is 7.64. The van der Waals surface area contributed by atoms with Gasteiger partial charge in [-0.05, 0) is 53.4 Å². The van der Waals surface area contributed by atoms with Gasteiger partial charge in [0.25, 0.3) is 5.91 Å². The number of aromatic nitrogens is 3. The highest BCUT2D eigenvalue weighted by Gasteiger charge is 2.25. The van der Waals surface area contributed by atoms with Crippen molar-refractivity contribution in [1.29, 1.82) is 0 Å². The second-order valence-electron chi connectivity index (χ2n) is 8.16. The molecule has 1 fully saturated rings. The minimum absolute atomic E-state index is 0.190.